The van der Waals surface area contributed by atoms with Crippen LogP contribution in [0, 0.1) is 0 Å². The molecule has 0 fully saturated rings. The molecule has 0 saturated heterocycles. The van der Waals surface area contributed by atoms with Gasteiger partial charge in [0.05, 0.1) is 11.6 Å². The topological polar surface area (TPSA) is 69.3 Å². The van der Waals surface area contributed by atoms with Gasteiger partial charge in [-0.15, -0.1) is 0 Å². The predicted octanol–water partition coefficient (Wildman–Crippen LogP) is 7.62. The third-order valence-corrected chi connectivity index (χ3v) is 6.00. The maximum Gasteiger partial charge on any atom is 0.292 e. The van der Waals surface area contributed by atoms with E-state index in [-0.39, 0.29) is 29.8 Å². The summed E-state index contributed by atoms with van der Waals surface area (Å²) in [7, 11) is 0. The van der Waals surface area contributed by atoms with Crippen molar-refractivity contribution < 1.29 is 13.9 Å². The Bertz CT molecular complexity index is 1300. The number of furan rings is 1. The summed E-state index contributed by atoms with van der Waals surface area (Å²) in [6.07, 6.45) is 1.56. The number of anilines is 1. The highest BCUT2D eigenvalue weighted by Gasteiger charge is 2.17. The molecule has 0 spiro atoms. The number of aromatic nitrogens is 2. The van der Waals surface area contributed by atoms with Gasteiger partial charge in [0.25, 0.3) is 5.91 Å². The molecule has 0 aliphatic rings. The smallest absolute Gasteiger partial charge is 0.292 e. The van der Waals surface area contributed by atoms with Crippen LogP contribution < -0.4 is 10.1 Å². The quantitative estimate of drug-likeness (QED) is 0.259. The number of nitrogens with zero attached hydrogens (tertiary/aromatic N) is 2. The van der Waals surface area contributed by atoms with Crippen molar-refractivity contribution in [2.75, 3.05) is 5.32 Å². The second kappa shape index (κ2) is 10.3. The third-order valence-electron chi connectivity index (χ3n) is 4.48. The molecule has 6 nitrogen and oxygen atoms in total. The zero-order chi connectivity index (χ0) is 23.5. The first-order valence-corrected chi connectivity index (χ1v) is 11.3. The van der Waals surface area contributed by atoms with Crippen molar-refractivity contribution in [1.29, 1.82) is 0 Å². The standard InChI is InChI=1S/C22H14Cl5N3O3/c23-12-4-6-19(17(26)8-12)32-11-13-5-7-20(33-13)22(31)28-21-18(27)10-30(29-21)9-14-15(24)2-1-3-16(14)25/h1-8,10H,9,11H2,(H,28,29,31). The van der Waals surface area contributed by atoms with E-state index in [2.05, 4.69) is 10.4 Å². The molecule has 0 bridgehead atoms. The summed E-state index contributed by atoms with van der Waals surface area (Å²) in [5, 5.41) is 9.05. The Labute approximate surface area is 213 Å². The van der Waals surface area contributed by atoms with Crippen LogP contribution in [-0.2, 0) is 13.2 Å². The highest BCUT2D eigenvalue weighted by Crippen LogP contribution is 2.29. The van der Waals surface area contributed by atoms with E-state index in [0.29, 0.717) is 37.2 Å². The fourth-order valence-corrected chi connectivity index (χ4v) is 4.07. The fourth-order valence-electron chi connectivity index (χ4n) is 2.90. The normalized spacial score (nSPS) is 10.9. The van der Waals surface area contributed by atoms with Crippen LogP contribution in [-0.4, -0.2) is 15.7 Å². The Kier molecular flexibility index (Phi) is 7.41. The first-order chi connectivity index (χ1) is 15.8. The van der Waals surface area contributed by atoms with Gasteiger partial charge < -0.3 is 14.5 Å². The Morgan fingerprint density at radius 2 is 1.73 bits per heavy atom. The minimum Gasteiger partial charge on any atom is -0.484 e. The van der Waals surface area contributed by atoms with Gasteiger partial charge in [0, 0.05) is 26.8 Å². The number of hydrogen-bond donors (Lipinski definition) is 1. The number of halogens is 5. The van der Waals surface area contributed by atoms with Gasteiger partial charge in [0.15, 0.2) is 11.6 Å². The van der Waals surface area contributed by atoms with Crippen molar-refractivity contribution in [3.8, 4) is 5.75 Å². The third kappa shape index (κ3) is 5.78. The molecule has 2 heterocycles. The van der Waals surface area contributed by atoms with Gasteiger partial charge in [-0.3, -0.25) is 9.48 Å². The van der Waals surface area contributed by atoms with Crippen molar-refractivity contribution in [1.82, 2.24) is 9.78 Å². The molecule has 0 atom stereocenters. The molecule has 0 radical (unpaired) electrons. The molecule has 1 amide bonds. The Morgan fingerprint density at radius 3 is 2.45 bits per heavy atom. The number of rotatable bonds is 7. The minimum atomic E-state index is -0.520. The summed E-state index contributed by atoms with van der Waals surface area (Å²) in [6, 6.07) is 13.2. The van der Waals surface area contributed by atoms with Crippen LogP contribution in [0.25, 0.3) is 0 Å². The number of carbonyl (C=O) groups excluding carboxylic acids is 1. The van der Waals surface area contributed by atoms with Crippen LogP contribution in [0.2, 0.25) is 25.1 Å². The van der Waals surface area contributed by atoms with E-state index in [1.165, 1.54) is 10.7 Å². The molecule has 1 N–H and O–H groups in total. The van der Waals surface area contributed by atoms with Gasteiger partial charge in [-0.1, -0.05) is 64.1 Å². The number of amides is 1. The van der Waals surface area contributed by atoms with Gasteiger partial charge in [-0.2, -0.15) is 5.10 Å². The van der Waals surface area contributed by atoms with Crippen LogP contribution >= 0.6 is 58.0 Å². The van der Waals surface area contributed by atoms with Crippen molar-refractivity contribution in [2.24, 2.45) is 0 Å². The van der Waals surface area contributed by atoms with Gasteiger partial charge in [-0.05, 0) is 42.5 Å². The van der Waals surface area contributed by atoms with Gasteiger partial charge in [0.2, 0.25) is 0 Å². The van der Waals surface area contributed by atoms with Crippen LogP contribution in [0.5, 0.6) is 5.75 Å². The largest absolute Gasteiger partial charge is 0.484 e. The molecule has 0 saturated carbocycles. The molecule has 0 unspecified atom stereocenters. The highest BCUT2D eigenvalue weighted by atomic mass is 35.5. The Morgan fingerprint density at radius 1 is 0.970 bits per heavy atom. The fraction of sp³-hybridized carbons (Fsp3) is 0.0909. The lowest BCUT2D eigenvalue weighted by molar-refractivity contribution is 0.0992. The van der Waals surface area contributed by atoms with Crippen LogP contribution in [0.1, 0.15) is 21.9 Å². The lowest BCUT2D eigenvalue weighted by Crippen LogP contribution is -2.12. The van der Waals surface area contributed by atoms with Gasteiger partial charge >= 0.3 is 0 Å². The highest BCUT2D eigenvalue weighted by molar-refractivity contribution is 6.36. The maximum absolute atomic E-state index is 12.6. The van der Waals surface area contributed by atoms with Crippen molar-refractivity contribution >= 4 is 69.7 Å². The van der Waals surface area contributed by atoms with E-state index in [1.807, 2.05) is 0 Å². The van der Waals surface area contributed by atoms with Gasteiger partial charge in [-0.25, -0.2) is 0 Å². The Balaban J connectivity index is 1.40. The summed E-state index contributed by atoms with van der Waals surface area (Å²) in [4.78, 5) is 12.6. The summed E-state index contributed by atoms with van der Waals surface area (Å²) < 4.78 is 12.7. The monoisotopic (exact) mass is 543 g/mol. The second-order valence-corrected chi connectivity index (χ2v) is 8.87. The lowest BCUT2D eigenvalue weighted by Gasteiger charge is -2.07. The zero-order valence-corrected chi connectivity index (χ0v) is 20.4. The average Bonchev–Trinajstić information content (AvgIpc) is 3.37. The van der Waals surface area contributed by atoms with E-state index in [1.54, 1.807) is 48.7 Å². The summed E-state index contributed by atoms with van der Waals surface area (Å²) >= 11 is 30.6. The summed E-state index contributed by atoms with van der Waals surface area (Å²) in [5.74, 6) is 0.590. The molecule has 2 aromatic heterocycles. The van der Waals surface area contributed by atoms with Crippen molar-refractivity contribution in [3.63, 3.8) is 0 Å². The number of nitrogens with one attached hydrogen (secondary N) is 1. The minimum absolute atomic E-state index is 0.0653. The summed E-state index contributed by atoms with van der Waals surface area (Å²) in [6.45, 7) is 0.353. The number of carbonyl (C=O) groups is 1. The van der Waals surface area contributed by atoms with Crippen molar-refractivity contribution in [2.45, 2.75) is 13.2 Å². The average molecular weight is 546 g/mol. The number of ether oxygens (including phenoxy) is 1. The Hall–Kier alpha value is -2.35. The van der Waals surface area contributed by atoms with Gasteiger partial charge in [0.1, 0.15) is 23.1 Å². The molecular weight excluding hydrogens is 532 g/mol. The van der Waals surface area contributed by atoms with Crippen LogP contribution in [0.4, 0.5) is 5.82 Å². The molecule has 2 aromatic carbocycles. The SMILES string of the molecule is O=C(Nc1nn(Cc2c(Cl)cccc2Cl)cc1Cl)c1ccc(COc2ccc(Cl)cc2Cl)o1. The molecule has 4 aromatic rings. The first-order valence-electron chi connectivity index (χ1n) is 9.44. The number of benzene rings is 2. The molecule has 4 rings (SSSR count). The van der Waals surface area contributed by atoms with E-state index < -0.39 is 5.91 Å². The lowest BCUT2D eigenvalue weighted by atomic mass is 10.2. The van der Waals surface area contributed by atoms with Crippen LogP contribution in [0.3, 0.4) is 0 Å². The zero-order valence-electron chi connectivity index (χ0n) is 16.6. The molecule has 170 valence electrons. The van der Waals surface area contributed by atoms with E-state index in [4.69, 9.17) is 67.2 Å². The summed E-state index contributed by atoms with van der Waals surface area (Å²) in [5.41, 5.74) is 0.689. The maximum atomic E-state index is 12.6. The molecule has 11 heteroatoms. The molecule has 0 aliphatic carbocycles. The predicted molar refractivity (Wildman–Crippen MR) is 130 cm³/mol. The molecular formula is C22H14Cl5N3O3. The van der Waals surface area contributed by atoms with Crippen molar-refractivity contribution in [3.05, 3.63) is 96.9 Å². The van der Waals surface area contributed by atoms with E-state index >= 15 is 0 Å². The van der Waals surface area contributed by atoms with Crippen LogP contribution in [0.15, 0.2) is 59.1 Å². The van der Waals surface area contributed by atoms with E-state index in [9.17, 15) is 4.79 Å². The molecule has 0 aliphatic heterocycles. The van der Waals surface area contributed by atoms with E-state index in [0.717, 1.165) is 0 Å². The number of hydrogen-bond acceptors (Lipinski definition) is 4. The second-order valence-electron chi connectivity index (χ2n) is 6.81. The molecule has 33 heavy (non-hydrogen) atoms. The first kappa shape index (κ1) is 23.8.